The van der Waals surface area contributed by atoms with Crippen molar-refractivity contribution in [3.8, 4) is 0 Å². The summed E-state index contributed by atoms with van der Waals surface area (Å²) in [5.74, 6) is 0.229. The monoisotopic (exact) mass is 283 g/mol. The van der Waals surface area contributed by atoms with Crippen LogP contribution >= 0.6 is 11.8 Å². The van der Waals surface area contributed by atoms with E-state index in [4.69, 9.17) is 0 Å². The number of amides is 1. The van der Waals surface area contributed by atoms with Gasteiger partial charge in [-0.25, -0.2) is 0 Å². The van der Waals surface area contributed by atoms with Gasteiger partial charge in [0.25, 0.3) is 0 Å². The van der Waals surface area contributed by atoms with Crippen LogP contribution in [0.15, 0.2) is 60.7 Å². The number of carbonyl (C=O) groups excluding carboxylic acids is 1. The molecule has 0 aromatic heterocycles. The maximum Gasteiger partial charge on any atom is 0.236 e. The molecule has 0 spiro atoms. The molecule has 2 atom stereocenters. The van der Waals surface area contributed by atoms with Crippen LogP contribution in [0.2, 0.25) is 0 Å². The fraction of sp³-hybridized carbons (Fsp3) is 0.235. The van der Waals surface area contributed by atoms with E-state index in [0.29, 0.717) is 6.54 Å². The molecular weight excluding hydrogens is 266 g/mol. The third kappa shape index (κ3) is 2.59. The average molecular weight is 283 g/mol. The Morgan fingerprint density at radius 3 is 2.25 bits per heavy atom. The lowest BCUT2D eigenvalue weighted by Gasteiger charge is -2.24. The highest BCUT2D eigenvalue weighted by atomic mass is 32.2. The van der Waals surface area contributed by atoms with Crippen molar-refractivity contribution in [1.29, 1.82) is 0 Å². The van der Waals surface area contributed by atoms with Crippen molar-refractivity contribution in [3.63, 3.8) is 0 Å². The second-order valence-corrected chi connectivity index (χ2v) is 6.42. The number of thioether (sulfide) groups is 1. The fourth-order valence-corrected chi connectivity index (χ4v) is 3.77. The highest BCUT2D eigenvalue weighted by Gasteiger charge is 2.38. The summed E-state index contributed by atoms with van der Waals surface area (Å²) < 4.78 is 0. The van der Waals surface area contributed by atoms with Crippen LogP contribution in [0.4, 0.5) is 0 Å². The molecule has 1 saturated heterocycles. The smallest absolute Gasteiger partial charge is 0.236 e. The molecule has 0 N–H and O–H groups in total. The number of nitrogens with zero attached hydrogens (tertiary/aromatic N) is 1. The van der Waals surface area contributed by atoms with Gasteiger partial charge in [0.15, 0.2) is 0 Å². The van der Waals surface area contributed by atoms with Gasteiger partial charge in [0, 0.05) is 6.54 Å². The lowest BCUT2D eigenvalue weighted by atomic mass is 10.1. The second kappa shape index (κ2) is 5.71. The Labute approximate surface area is 123 Å². The number of benzene rings is 2. The molecule has 1 aliphatic heterocycles. The second-order valence-electron chi connectivity index (χ2n) is 4.99. The zero-order valence-electron chi connectivity index (χ0n) is 11.4. The quantitative estimate of drug-likeness (QED) is 0.853. The SMILES string of the molecule is CC1SC(c2ccccc2)N(Cc2ccccc2)C1=O. The van der Waals surface area contributed by atoms with Crippen LogP contribution in [-0.4, -0.2) is 16.1 Å². The van der Waals surface area contributed by atoms with Gasteiger partial charge in [0.05, 0.1) is 5.25 Å². The molecule has 2 nitrogen and oxygen atoms in total. The third-order valence-electron chi connectivity index (χ3n) is 3.53. The molecule has 1 fully saturated rings. The number of hydrogen-bond donors (Lipinski definition) is 0. The normalized spacial score (nSPS) is 22.2. The molecule has 3 heteroatoms. The molecule has 20 heavy (non-hydrogen) atoms. The summed E-state index contributed by atoms with van der Waals surface area (Å²) >= 11 is 1.73. The van der Waals surface area contributed by atoms with Crippen LogP contribution < -0.4 is 0 Å². The van der Waals surface area contributed by atoms with Crippen molar-refractivity contribution < 1.29 is 4.79 Å². The highest BCUT2D eigenvalue weighted by molar-refractivity contribution is 8.01. The summed E-state index contributed by atoms with van der Waals surface area (Å²) in [5, 5.41) is 0.155. The summed E-state index contributed by atoms with van der Waals surface area (Å²) in [4.78, 5) is 14.4. The van der Waals surface area contributed by atoms with Crippen molar-refractivity contribution in [3.05, 3.63) is 71.8 Å². The zero-order valence-corrected chi connectivity index (χ0v) is 12.2. The topological polar surface area (TPSA) is 20.3 Å². The van der Waals surface area contributed by atoms with E-state index < -0.39 is 0 Å². The average Bonchev–Trinajstić information content (AvgIpc) is 2.78. The molecular formula is C17H17NOS. The maximum absolute atomic E-state index is 12.4. The fourth-order valence-electron chi connectivity index (χ4n) is 2.49. The minimum Gasteiger partial charge on any atom is -0.321 e. The van der Waals surface area contributed by atoms with Gasteiger partial charge < -0.3 is 4.90 Å². The van der Waals surface area contributed by atoms with Gasteiger partial charge in [-0.15, -0.1) is 11.8 Å². The largest absolute Gasteiger partial charge is 0.321 e. The Morgan fingerprint density at radius 1 is 1.00 bits per heavy atom. The molecule has 0 radical (unpaired) electrons. The van der Waals surface area contributed by atoms with E-state index in [1.54, 1.807) is 11.8 Å². The van der Waals surface area contributed by atoms with E-state index in [9.17, 15) is 4.79 Å². The van der Waals surface area contributed by atoms with E-state index in [0.717, 1.165) is 0 Å². The Morgan fingerprint density at radius 2 is 1.60 bits per heavy atom. The van der Waals surface area contributed by atoms with Gasteiger partial charge in [-0.1, -0.05) is 60.7 Å². The number of rotatable bonds is 3. The molecule has 1 amide bonds. The standard InChI is InChI=1S/C17H17NOS/c1-13-16(19)18(12-14-8-4-2-5-9-14)17(20-13)15-10-6-3-7-11-15/h2-11,13,17H,12H2,1H3. The molecule has 0 saturated carbocycles. The molecule has 2 aromatic rings. The number of hydrogen-bond acceptors (Lipinski definition) is 2. The van der Waals surface area contributed by atoms with Crippen LogP contribution in [0.3, 0.4) is 0 Å². The Bertz CT molecular complexity index is 584. The van der Waals surface area contributed by atoms with Crippen molar-refractivity contribution >= 4 is 17.7 Å². The molecule has 102 valence electrons. The molecule has 3 rings (SSSR count). The minimum atomic E-state index is 0.0314. The molecule has 1 aliphatic rings. The van der Waals surface area contributed by atoms with Gasteiger partial charge in [-0.05, 0) is 18.1 Å². The molecule has 0 aliphatic carbocycles. The first-order valence-corrected chi connectivity index (χ1v) is 7.75. The van der Waals surface area contributed by atoms with Crippen molar-refractivity contribution in [2.45, 2.75) is 24.1 Å². The first-order valence-electron chi connectivity index (χ1n) is 6.80. The predicted octanol–water partition coefficient (Wildman–Crippen LogP) is 3.85. The van der Waals surface area contributed by atoms with Gasteiger partial charge in [0.1, 0.15) is 5.37 Å². The molecule has 2 unspecified atom stereocenters. The van der Waals surface area contributed by atoms with E-state index in [2.05, 4.69) is 24.3 Å². The number of carbonyl (C=O) groups is 1. The van der Waals surface area contributed by atoms with Crippen LogP contribution in [0.1, 0.15) is 23.4 Å². The maximum atomic E-state index is 12.4. The van der Waals surface area contributed by atoms with Crippen molar-refractivity contribution in [2.24, 2.45) is 0 Å². The molecule has 0 bridgehead atoms. The summed E-state index contributed by atoms with van der Waals surface area (Å²) in [6.45, 7) is 2.67. The summed E-state index contributed by atoms with van der Waals surface area (Å²) in [7, 11) is 0. The molecule has 1 heterocycles. The van der Waals surface area contributed by atoms with E-state index in [1.807, 2.05) is 48.2 Å². The molecule has 2 aromatic carbocycles. The van der Waals surface area contributed by atoms with E-state index in [-0.39, 0.29) is 16.5 Å². The lowest BCUT2D eigenvalue weighted by molar-refractivity contribution is -0.130. The highest BCUT2D eigenvalue weighted by Crippen LogP contribution is 2.43. The van der Waals surface area contributed by atoms with E-state index in [1.165, 1.54) is 11.1 Å². The van der Waals surface area contributed by atoms with Gasteiger partial charge in [0.2, 0.25) is 5.91 Å². The lowest BCUT2D eigenvalue weighted by Crippen LogP contribution is -2.29. The Balaban J connectivity index is 1.87. The summed E-state index contributed by atoms with van der Waals surface area (Å²) in [6.07, 6.45) is 0. The van der Waals surface area contributed by atoms with Crippen LogP contribution in [0, 0.1) is 0 Å². The summed E-state index contributed by atoms with van der Waals surface area (Å²) in [6, 6.07) is 20.5. The van der Waals surface area contributed by atoms with Crippen LogP contribution in [-0.2, 0) is 11.3 Å². The predicted molar refractivity (Wildman–Crippen MR) is 83.2 cm³/mol. The van der Waals surface area contributed by atoms with E-state index >= 15 is 0 Å². The van der Waals surface area contributed by atoms with Gasteiger partial charge in [-0.3, -0.25) is 4.79 Å². The van der Waals surface area contributed by atoms with Crippen LogP contribution in [0.25, 0.3) is 0 Å². The minimum absolute atomic E-state index is 0.0314. The van der Waals surface area contributed by atoms with Gasteiger partial charge in [-0.2, -0.15) is 0 Å². The van der Waals surface area contributed by atoms with Crippen LogP contribution in [0.5, 0.6) is 0 Å². The van der Waals surface area contributed by atoms with Crippen molar-refractivity contribution in [1.82, 2.24) is 4.90 Å². The third-order valence-corrected chi connectivity index (χ3v) is 4.92. The van der Waals surface area contributed by atoms with Gasteiger partial charge >= 0.3 is 0 Å². The van der Waals surface area contributed by atoms with Crippen molar-refractivity contribution in [2.75, 3.05) is 0 Å². The zero-order chi connectivity index (χ0) is 13.9. The Hall–Kier alpha value is -1.74. The summed E-state index contributed by atoms with van der Waals surface area (Å²) in [5.41, 5.74) is 2.38. The first-order chi connectivity index (χ1) is 9.75. The Kier molecular flexibility index (Phi) is 3.79. The first kappa shape index (κ1) is 13.3.